The number of ether oxygens (including phenoxy) is 2. The molecule has 2 N–H and O–H groups in total. The summed E-state index contributed by atoms with van der Waals surface area (Å²) in [6.07, 6.45) is 1.59. The van der Waals surface area contributed by atoms with E-state index in [-0.39, 0.29) is 40.5 Å². The summed E-state index contributed by atoms with van der Waals surface area (Å²) in [4.78, 5) is 26.8. The summed E-state index contributed by atoms with van der Waals surface area (Å²) in [7, 11) is 2.90. The van der Waals surface area contributed by atoms with Crippen molar-refractivity contribution in [2.45, 2.75) is 33.6 Å². The second-order valence-electron chi connectivity index (χ2n) is 9.58. The molecule has 0 spiro atoms. The Balaban J connectivity index is 1.90. The quantitative estimate of drug-likeness (QED) is 0.711. The highest BCUT2D eigenvalue weighted by Crippen LogP contribution is 2.61. The maximum Gasteiger partial charge on any atom is 0.200 e. The highest BCUT2D eigenvalue weighted by Gasteiger charge is 2.53. The second-order valence-corrected chi connectivity index (χ2v) is 9.58. The molecule has 0 amide bonds. The summed E-state index contributed by atoms with van der Waals surface area (Å²) in [5, 5.41) is 21.7. The van der Waals surface area contributed by atoms with Gasteiger partial charge in [-0.2, -0.15) is 0 Å². The van der Waals surface area contributed by atoms with Crippen LogP contribution in [0.1, 0.15) is 59.3 Å². The minimum absolute atomic E-state index is 0.00896. The molecule has 0 saturated heterocycles. The predicted octanol–water partition coefficient (Wildman–Crippen LogP) is 4.69. The number of methoxy groups -OCH3 is 2. The number of allylic oxidation sites excluding steroid dienone is 4. The first-order chi connectivity index (χ1) is 15.5. The number of hydrogen-bond acceptors (Lipinski definition) is 6. The molecular weight excluding hydrogens is 420 g/mol. The molecule has 0 aliphatic heterocycles. The van der Waals surface area contributed by atoms with Crippen molar-refractivity contribution in [3.05, 3.63) is 63.2 Å². The van der Waals surface area contributed by atoms with Gasteiger partial charge in [0.2, 0.25) is 5.75 Å². The summed E-state index contributed by atoms with van der Waals surface area (Å²) in [5.41, 5.74) is 4.41. The van der Waals surface area contributed by atoms with E-state index < -0.39 is 11.3 Å². The van der Waals surface area contributed by atoms with Crippen molar-refractivity contribution >= 4 is 17.1 Å². The van der Waals surface area contributed by atoms with Gasteiger partial charge in [-0.15, -0.1) is 0 Å². The van der Waals surface area contributed by atoms with Crippen LogP contribution in [0.25, 0.3) is 5.57 Å². The summed E-state index contributed by atoms with van der Waals surface area (Å²) < 4.78 is 10.7. The molecule has 0 saturated carbocycles. The highest BCUT2D eigenvalue weighted by atomic mass is 16.5. The number of rotatable bonds is 3. The van der Waals surface area contributed by atoms with Gasteiger partial charge in [0, 0.05) is 28.2 Å². The fourth-order valence-electron chi connectivity index (χ4n) is 5.76. The Kier molecular flexibility index (Phi) is 4.35. The lowest BCUT2D eigenvalue weighted by Crippen LogP contribution is -2.26. The van der Waals surface area contributed by atoms with Gasteiger partial charge in [0.1, 0.15) is 5.75 Å². The number of phenols is 2. The van der Waals surface area contributed by atoms with Gasteiger partial charge < -0.3 is 19.7 Å². The number of phenolic OH excluding ortho intramolecular Hbond substituents is 2. The van der Waals surface area contributed by atoms with Crippen molar-refractivity contribution in [3.63, 3.8) is 0 Å². The SMILES string of the molecule is COc1cc(C2c3c(O)c(C)cc4c3C3=C(C(=O)C(C)(C)C3=CC4=O)C2C)cc(OC)c1O. The smallest absolute Gasteiger partial charge is 0.200 e. The van der Waals surface area contributed by atoms with Crippen molar-refractivity contribution in [3.8, 4) is 23.0 Å². The highest BCUT2D eigenvalue weighted by molar-refractivity contribution is 6.26. The van der Waals surface area contributed by atoms with Crippen LogP contribution in [-0.4, -0.2) is 36.0 Å². The third kappa shape index (κ3) is 2.55. The van der Waals surface area contributed by atoms with E-state index in [0.717, 1.165) is 11.1 Å². The van der Waals surface area contributed by atoms with E-state index in [0.29, 0.717) is 33.4 Å². The Labute approximate surface area is 192 Å². The van der Waals surface area contributed by atoms with E-state index in [1.165, 1.54) is 14.2 Å². The van der Waals surface area contributed by atoms with Gasteiger partial charge in [-0.25, -0.2) is 0 Å². The number of carbonyl (C=O) groups is 2. The summed E-state index contributed by atoms with van der Waals surface area (Å²) in [6.45, 7) is 7.43. The van der Waals surface area contributed by atoms with Crippen LogP contribution in [0.3, 0.4) is 0 Å². The molecule has 0 fully saturated rings. The number of hydrogen-bond donors (Lipinski definition) is 2. The molecular formula is C27H26O6. The van der Waals surface area contributed by atoms with Crippen molar-refractivity contribution in [1.82, 2.24) is 0 Å². The topological polar surface area (TPSA) is 93.1 Å². The van der Waals surface area contributed by atoms with Crippen molar-refractivity contribution in [1.29, 1.82) is 0 Å². The first-order valence-corrected chi connectivity index (χ1v) is 10.9. The average Bonchev–Trinajstić information content (AvgIpc) is 2.97. The fourth-order valence-corrected chi connectivity index (χ4v) is 5.76. The fraction of sp³-hybridized carbons (Fsp3) is 0.333. The monoisotopic (exact) mass is 446 g/mol. The zero-order valence-corrected chi connectivity index (χ0v) is 19.5. The van der Waals surface area contributed by atoms with Crippen molar-refractivity contribution in [2.24, 2.45) is 11.3 Å². The number of aryl methyl sites for hydroxylation is 1. The molecule has 6 nitrogen and oxygen atoms in total. The third-order valence-corrected chi connectivity index (χ3v) is 7.47. The lowest BCUT2D eigenvalue weighted by atomic mass is 9.66. The number of benzene rings is 2. The van der Waals surface area contributed by atoms with E-state index in [4.69, 9.17) is 9.47 Å². The molecule has 5 rings (SSSR count). The Bertz CT molecular complexity index is 1320. The molecule has 6 heteroatoms. The van der Waals surface area contributed by atoms with Crippen LogP contribution in [0.5, 0.6) is 23.0 Å². The molecule has 3 aliphatic carbocycles. The van der Waals surface area contributed by atoms with Crippen LogP contribution < -0.4 is 9.47 Å². The van der Waals surface area contributed by atoms with Gasteiger partial charge in [-0.1, -0.05) is 6.92 Å². The Morgan fingerprint density at radius 1 is 0.970 bits per heavy atom. The van der Waals surface area contributed by atoms with E-state index in [1.807, 2.05) is 20.8 Å². The summed E-state index contributed by atoms with van der Waals surface area (Å²) in [5.74, 6) is -0.479. The van der Waals surface area contributed by atoms with E-state index in [9.17, 15) is 19.8 Å². The zero-order chi connectivity index (χ0) is 24.0. The molecule has 170 valence electrons. The van der Waals surface area contributed by atoms with E-state index in [1.54, 1.807) is 31.2 Å². The van der Waals surface area contributed by atoms with E-state index >= 15 is 0 Å². The number of carbonyl (C=O) groups excluding carboxylic acids is 2. The maximum atomic E-state index is 13.6. The molecule has 0 bridgehead atoms. The lowest BCUT2D eigenvalue weighted by molar-refractivity contribution is -0.121. The molecule has 2 atom stereocenters. The van der Waals surface area contributed by atoms with Gasteiger partial charge in [-0.3, -0.25) is 9.59 Å². The van der Waals surface area contributed by atoms with Gasteiger partial charge >= 0.3 is 0 Å². The molecule has 2 aromatic rings. The summed E-state index contributed by atoms with van der Waals surface area (Å²) >= 11 is 0. The van der Waals surface area contributed by atoms with Gasteiger partial charge in [-0.05, 0) is 73.2 Å². The molecule has 2 unspecified atom stereocenters. The van der Waals surface area contributed by atoms with Crippen LogP contribution >= 0.6 is 0 Å². The minimum Gasteiger partial charge on any atom is -0.507 e. The maximum absolute atomic E-state index is 13.6. The number of ketones is 2. The lowest BCUT2D eigenvalue weighted by Gasteiger charge is -2.36. The molecule has 33 heavy (non-hydrogen) atoms. The first kappa shape index (κ1) is 21.3. The van der Waals surface area contributed by atoms with Crippen LogP contribution in [0.15, 0.2) is 35.4 Å². The average molecular weight is 446 g/mol. The largest absolute Gasteiger partial charge is 0.507 e. The van der Waals surface area contributed by atoms with Crippen molar-refractivity contribution < 1.29 is 29.3 Å². The molecule has 0 heterocycles. The van der Waals surface area contributed by atoms with Crippen molar-refractivity contribution in [2.75, 3.05) is 14.2 Å². The van der Waals surface area contributed by atoms with Crippen LogP contribution in [0.2, 0.25) is 0 Å². The first-order valence-electron chi connectivity index (χ1n) is 10.9. The van der Waals surface area contributed by atoms with Crippen LogP contribution in [-0.2, 0) is 4.79 Å². The molecule has 3 aliphatic rings. The Morgan fingerprint density at radius 3 is 2.15 bits per heavy atom. The standard InChI is InChI=1S/C27H26O6/c1-11-7-14-16(28)10-15-22-20(26(31)27(15,3)4)12(2)19(23(21(14)22)24(11)29)13-8-17(32-5)25(30)18(9-13)33-6/h7-10,12,19,29-30H,1-6H3. The molecule has 0 radical (unpaired) electrons. The molecule has 2 aromatic carbocycles. The van der Waals surface area contributed by atoms with Gasteiger partial charge in [0.15, 0.2) is 23.1 Å². The summed E-state index contributed by atoms with van der Waals surface area (Å²) in [6, 6.07) is 5.10. The van der Waals surface area contributed by atoms with E-state index in [2.05, 4.69) is 0 Å². The zero-order valence-electron chi connectivity index (χ0n) is 19.5. The third-order valence-electron chi connectivity index (χ3n) is 7.47. The second kappa shape index (κ2) is 6.73. The number of aromatic hydroxyl groups is 2. The van der Waals surface area contributed by atoms with Gasteiger partial charge in [0.25, 0.3) is 0 Å². The normalized spacial score (nSPS) is 22.3. The van der Waals surface area contributed by atoms with Gasteiger partial charge in [0.05, 0.1) is 19.6 Å². The predicted molar refractivity (Wildman–Crippen MR) is 123 cm³/mol. The Morgan fingerprint density at radius 2 is 1.58 bits per heavy atom. The number of Topliss-reactive ketones (excluding diaryl/α,β-unsaturated/α-hetero) is 1. The Hall–Kier alpha value is -3.54. The molecule has 0 aromatic heterocycles. The van der Waals surface area contributed by atoms with Crippen LogP contribution in [0.4, 0.5) is 0 Å². The van der Waals surface area contributed by atoms with Crippen LogP contribution in [0, 0.1) is 18.3 Å². The minimum atomic E-state index is -0.830.